The smallest absolute Gasteiger partial charge is 0.273 e. The molecule has 0 radical (unpaired) electrons. The molecule has 7 nitrogen and oxygen atoms in total. The lowest BCUT2D eigenvalue weighted by molar-refractivity contribution is 0.0938. The van der Waals surface area contributed by atoms with Gasteiger partial charge in [0.15, 0.2) is 5.69 Å². The number of ether oxygens (including phenoxy) is 1. The maximum Gasteiger partial charge on any atom is 0.273 e. The van der Waals surface area contributed by atoms with E-state index in [2.05, 4.69) is 30.3 Å². The lowest BCUT2D eigenvalue weighted by atomic mass is 9.89. The second-order valence-corrected chi connectivity index (χ2v) is 12.7. The van der Waals surface area contributed by atoms with Crippen molar-refractivity contribution in [2.75, 3.05) is 19.9 Å². The summed E-state index contributed by atoms with van der Waals surface area (Å²) in [5.41, 5.74) is 2.86. The number of carbonyl (C=O) groups is 1. The molecule has 1 amide bonds. The van der Waals surface area contributed by atoms with E-state index in [0.29, 0.717) is 48.3 Å². The van der Waals surface area contributed by atoms with Crippen LogP contribution in [-0.2, 0) is 22.8 Å². The van der Waals surface area contributed by atoms with Crippen LogP contribution in [0.1, 0.15) is 68.9 Å². The summed E-state index contributed by atoms with van der Waals surface area (Å²) in [6.07, 6.45) is 6.20. The Kier molecular flexibility index (Phi) is 9.27. The van der Waals surface area contributed by atoms with Crippen LogP contribution in [0.4, 0.5) is 0 Å². The number of amides is 1. The van der Waals surface area contributed by atoms with Gasteiger partial charge in [0.05, 0.1) is 23.1 Å². The minimum atomic E-state index is -3.00. The fraction of sp³-hybridized carbons (Fsp3) is 0.615. The van der Waals surface area contributed by atoms with Crippen LogP contribution >= 0.6 is 11.6 Å². The SMILES string of the molecule is CCn1nc(C(=O)NCC2CCC(S(C)(=O)=O)CC2)c(Cl)c1-c1ccc(CCC(C)C)cc1OC. The van der Waals surface area contributed by atoms with Crippen molar-refractivity contribution < 1.29 is 17.9 Å². The van der Waals surface area contributed by atoms with E-state index in [9.17, 15) is 13.2 Å². The van der Waals surface area contributed by atoms with Crippen LogP contribution in [-0.4, -0.2) is 49.3 Å². The number of sulfone groups is 1. The van der Waals surface area contributed by atoms with Crippen molar-refractivity contribution in [3.05, 3.63) is 34.5 Å². The number of carbonyl (C=O) groups excluding carboxylic acids is 1. The van der Waals surface area contributed by atoms with E-state index in [1.165, 1.54) is 11.8 Å². The minimum absolute atomic E-state index is 0.194. The van der Waals surface area contributed by atoms with Crippen LogP contribution in [0.15, 0.2) is 18.2 Å². The number of nitrogens with one attached hydrogen (secondary N) is 1. The molecular formula is C26H38ClN3O4S. The predicted octanol–water partition coefficient (Wildman–Crippen LogP) is 5.15. The Morgan fingerprint density at radius 2 is 1.94 bits per heavy atom. The Labute approximate surface area is 214 Å². The first kappa shape index (κ1) is 27.5. The molecule has 1 N–H and O–H groups in total. The molecule has 1 aliphatic rings. The number of benzene rings is 1. The number of hydrogen-bond donors (Lipinski definition) is 1. The van der Waals surface area contributed by atoms with Crippen molar-refractivity contribution in [2.45, 2.75) is 71.1 Å². The molecule has 35 heavy (non-hydrogen) atoms. The molecule has 1 saturated carbocycles. The Balaban J connectivity index is 1.75. The molecule has 1 aliphatic carbocycles. The first-order chi connectivity index (χ1) is 16.5. The third-order valence-corrected chi connectivity index (χ3v) is 8.93. The number of aryl methyl sites for hydroxylation is 2. The summed E-state index contributed by atoms with van der Waals surface area (Å²) in [4.78, 5) is 13.0. The molecule has 0 atom stereocenters. The maximum absolute atomic E-state index is 13.0. The van der Waals surface area contributed by atoms with Gasteiger partial charge in [-0.3, -0.25) is 9.48 Å². The average molecular weight is 524 g/mol. The molecule has 1 aromatic carbocycles. The monoisotopic (exact) mass is 523 g/mol. The average Bonchev–Trinajstić information content (AvgIpc) is 3.16. The molecule has 0 spiro atoms. The van der Waals surface area contributed by atoms with Crippen LogP contribution in [0.2, 0.25) is 5.02 Å². The summed E-state index contributed by atoms with van der Waals surface area (Å²) in [5.74, 6) is 1.26. The van der Waals surface area contributed by atoms with E-state index in [1.54, 1.807) is 11.8 Å². The topological polar surface area (TPSA) is 90.3 Å². The molecule has 0 unspecified atom stereocenters. The van der Waals surface area contributed by atoms with Gasteiger partial charge < -0.3 is 10.1 Å². The van der Waals surface area contributed by atoms with Crippen molar-refractivity contribution in [3.63, 3.8) is 0 Å². The van der Waals surface area contributed by atoms with Gasteiger partial charge in [0, 0.05) is 24.9 Å². The van der Waals surface area contributed by atoms with Gasteiger partial charge in [-0.2, -0.15) is 5.10 Å². The van der Waals surface area contributed by atoms with E-state index in [4.69, 9.17) is 16.3 Å². The lowest BCUT2D eigenvalue weighted by Crippen LogP contribution is -2.34. The highest BCUT2D eigenvalue weighted by molar-refractivity contribution is 7.91. The molecule has 194 valence electrons. The van der Waals surface area contributed by atoms with Crippen molar-refractivity contribution >= 4 is 27.3 Å². The van der Waals surface area contributed by atoms with E-state index in [0.717, 1.165) is 31.2 Å². The highest BCUT2D eigenvalue weighted by Crippen LogP contribution is 2.38. The molecular weight excluding hydrogens is 486 g/mol. The van der Waals surface area contributed by atoms with Gasteiger partial charge in [-0.15, -0.1) is 0 Å². The molecule has 9 heteroatoms. The minimum Gasteiger partial charge on any atom is -0.496 e. The van der Waals surface area contributed by atoms with Gasteiger partial charge in [0.25, 0.3) is 5.91 Å². The standard InChI is InChI=1S/C26H38ClN3O4S/c1-6-30-25(21-14-11-18(8-7-17(2)3)15-22(21)34-4)23(27)24(29-30)26(31)28-16-19-9-12-20(13-10-19)35(5,32)33/h11,14-15,17,19-20H,6-10,12-13,16H2,1-5H3,(H,28,31). The first-order valence-electron chi connectivity index (χ1n) is 12.5. The number of methoxy groups -OCH3 is 1. The van der Waals surface area contributed by atoms with Crippen LogP contribution < -0.4 is 10.1 Å². The molecule has 1 fully saturated rings. The predicted molar refractivity (Wildman–Crippen MR) is 141 cm³/mol. The number of hydrogen-bond acceptors (Lipinski definition) is 5. The van der Waals surface area contributed by atoms with Crippen molar-refractivity contribution in [1.29, 1.82) is 0 Å². The summed E-state index contributed by atoms with van der Waals surface area (Å²) >= 11 is 6.73. The van der Waals surface area contributed by atoms with Gasteiger partial charge in [-0.1, -0.05) is 31.5 Å². The third-order valence-electron chi connectivity index (χ3n) is 6.89. The molecule has 0 saturated heterocycles. The molecule has 1 heterocycles. The van der Waals surface area contributed by atoms with Crippen LogP contribution in [0.25, 0.3) is 11.3 Å². The summed E-state index contributed by atoms with van der Waals surface area (Å²) in [6.45, 7) is 7.40. The zero-order valence-corrected chi connectivity index (χ0v) is 23.0. The summed E-state index contributed by atoms with van der Waals surface area (Å²) in [7, 11) is -1.37. The van der Waals surface area contributed by atoms with E-state index < -0.39 is 9.84 Å². The van der Waals surface area contributed by atoms with Crippen molar-refractivity contribution in [2.24, 2.45) is 11.8 Å². The highest BCUT2D eigenvalue weighted by Gasteiger charge is 2.29. The van der Waals surface area contributed by atoms with Crippen LogP contribution in [0.3, 0.4) is 0 Å². The maximum atomic E-state index is 13.0. The fourth-order valence-corrected chi connectivity index (χ4v) is 6.15. The van der Waals surface area contributed by atoms with Gasteiger partial charge in [0.1, 0.15) is 15.6 Å². The van der Waals surface area contributed by atoms with E-state index in [-0.39, 0.29) is 22.8 Å². The molecule has 0 bridgehead atoms. The number of aromatic nitrogens is 2. The Bertz CT molecular complexity index is 1140. The molecule has 3 rings (SSSR count). The molecule has 1 aromatic heterocycles. The zero-order valence-electron chi connectivity index (χ0n) is 21.4. The highest BCUT2D eigenvalue weighted by atomic mass is 35.5. The normalized spacial score (nSPS) is 18.6. The Morgan fingerprint density at radius 1 is 1.26 bits per heavy atom. The lowest BCUT2D eigenvalue weighted by Gasteiger charge is -2.27. The first-order valence-corrected chi connectivity index (χ1v) is 14.8. The molecule has 0 aliphatic heterocycles. The quantitative estimate of drug-likeness (QED) is 0.465. The van der Waals surface area contributed by atoms with Gasteiger partial charge in [-0.25, -0.2) is 8.42 Å². The number of nitrogens with zero attached hydrogens (tertiary/aromatic N) is 2. The Hall–Kier alpha value is -2.06. The van der Waals surface area contributed by atoms with Crippen molar-refractivity contribution in [1.82, 2.24) is 15.1 Å². The van der Waals surface area contributed by atoms with Crippen LogP contribution in [0, 0.1) is 11.8 Å². The summed E-state index contributed by atoms with van der Waals surface area (Å²) < 4.78 is 31.0. The van der Waals surface area contributed by atoms with Gasteiger partial charge >= 0.3 is 0 Å². The summed E-state index contributed by atoms with van der Waals surface area (Å²) in [6, 6.07) is 6.11. The van der Waals surface area contributed by atoms with Crippen molar-refractivity contribution in [3.8, 4) is 17.0 Å². The third kappa shape index (κ3) is 6.79. The Morgan fingerprint density at radius 3 is 2.51 bits per heavy atom. The fourth-order valence-electron chi connectivity index (χ4n) is 4.70. The molecule has 2 aromatic rings. The van der Waals surface area contributed by atoms with Gasteiger partial charge in [-0.05, 0) is 75.0 Å². The summed E-state index contributed by atoms with van der Waals surface area (Å²) in [5, 5.41) is 7.51. The van der Waals surface area contributed by atoms with E-state index >= 15 is 0 Å². The number of rotatable bonds is 10. The van der Waals surface area contributed by atoms with Gasteiger partial charge in [0.2, 0.25) is 0 Å². The largest absolute Gasteiger partial charge is 0.496 e. The zero-order chi connectivity index (χ0) is 25.8. The van der Waals surface area contributed by atoms with E-state index in [1.807, 2.05) is 19.1 Å². The second-order valence-electron chi connectivity index (χ2n) is 9.98. The van der Waals surface area contributed by atoms with Crippen LogP contribution in [0.5, 0.6) is 5.75 Å². The second kappa shape index (κ2) is 11.8. The number of halogens is 1.